The molecule has 5 heteroatoms. The topological polar surface area (TPSA) is 49.9 Å². The summed E-state index contributed by atoms with van der Waals surface area (Å²) in [5, 5.41) is 2.08. The molecule has 2 aromatic carbocycles. The molecule has 1 unspecified atom stereocenters. The third-order valence-electron chi connectivity index (χ3n) is 6.11. The van der Waals surface area contributed by atoms with Gasteiger partial charge in [0.05, 0.1) is 17.4 Å². The minimum absolute atomic E-state index is 0.0294. The minimum Gasteiger partial charge on any atom is -0.483 e. The lowest BCUT2D eigenvalue weighted by molar-refractivity contribution is -0.121. The monoisotopic (exact) mass is 416 g/mol. The summed E-state index contributed by atoms with van der Waals surface area (Å²) in [5.74, 6) is 0.593. The number of allylic oxidation sites excluding steroid dienone is 1. The third kappa shape index (κ3) is 3.76. The van der Waals surface area contributed by atoms with Gasteiger partial charge in [-0.05, 0) is 60.4 Å². The zero-order valence-electron chi connectivity index (χ0n) is 18.2. The normalized spacial score (nSPS) is 17.9. The van der Waals surface area contributed by atoms with E-state index in [1.165, 1.54) is 5.56 Å². The van der Waals surface area contributed by atoms with Crippen LogP contribution in [0.5, 0.6) is 5.75 Å². The molecule has 2 aliphatic carbocycles. The van der Waals surface area contributed by atoms with Crippen molar-refractivity contribution in [2.24, 2.45) is 0 Å². The van der Waals surface area contributed by atoms with Gasteiger partial charge >= 0.3 is 0 Å². The fraction of sp³-hybridized carbons (Fsp3) is 0.308. The summed E-state index contributed by atoms with van der Waals surface area (Å²) in [6, 6.07) is 9.45. The Labute approximate surface area is 182 Å². The van der Waals surface area contributed by atoms with Crippen molar-refractivity contribution in [1.82, 2.24) is 0 Å². The van der Waals surface area contributed by atoms with Gasteiger partial charge in [0, 0.05) is 19.0 Å². The molecular weight excluding hydrogens is 388 g/mol. The van der Waals surface area contributed by atoms with Gasteiger partial charge in [0.2, 0.25) is 5.91 Å². The summed E-state index contributed by atoms with van der Waals surface area (Å²) < 4.78 is 6.05. The molecule has 0 saturated heterocycles. The number of rotatable bonds is 4. The number of nitrogens with zero attached hydrogens (tertiary/aromatic N) is 2. The fourth-order valence-electron chi connectivity index (χ4n) is 4.73. The molecule has 1 aliphatic heterocycles. The highest BCUT2D eigenvalue weighted by Crippen LogP contribution is 2.35. The van der Waals surface area contributed by atoms with Crippen molar-refractivity contribution in [2.75, 3.05) is 23.0 Å². The highest BCUT2D eigenvalue weighted by molar-refractivity contribution is 6.04. The number of aryl methyl sites for hydroxylation is 1. The van der Waals surface area contributed by atoms with Crippen molar-refractivity contribution in [3.05, 3.63) is 64.6 Å². The van der Waals surface area contributed by atoms with Crippen molar-refractivity contribution in [3.63, 3.8) is 0 Å². The smallest absolute Gasteiger partial charge is 0.265 e. The highest BCUT2D eigenvalue weighted by Gasteiger charge is 2.33. The maximum absolute atomic E-state index is 13.2. The molecule has 2 amide bonds. The van der Waals surface area contributed by atoms with Crippen molar-refractivity contribution < 1.29 is 14.3 Å². The summed E-state index contributed by atoms with van der Waals surface area (Å²) in [5.41, 5.74) is 3.75. The van der Waals surface area contributed by atoms with Crippen LogP contribution in [-0.2, 0) is 22.4 Å². The van der Waals surface area contributed by atoms with E-state index in [0.717, 1.165) is 52.4 Å². The SMILES string of the molecule is C=C/C=c1/c2cc(OCC(=O)N3CC(C)N(C(C)=O)c4ccccc43)c(c1=C)CCC2. The van der Waals surface area contributed by atoms with Crippen molar-refractivity contribution >= 4 is 35.8 Å². The molecule has 1 atom stereocenters. The van der Waals surface area contributed by atoms with Crippen LogP contribution in [0, 0.1) is 0 Å². The summed E-state index contributed by atoms with van der Waals surface area (Å²) >= 11 is 0. The van der Waals surface area contributed by atoms with E-state index in [9.17, 15) is 9.59 Å². The first-order chi connectivity index (χ1) is 14.9. The standard InChI is InChI=1S/C26H28N2O3/c1-5-9-21-18(3)22-11-8-10-20(21)14-25(22)31-16-26(30)27-15-17(2)28(19(4)29)24-13-7-6-12-23(24)27/h5-7,9,12-14,17H,1,3,8,10-11,15-16H2,2,4H3/b21-9+. The maximum atomic E-state index is 13.2. The predicted octanol–water partition coefficient (Wildman–Crippen LogP) is 2.72. The highest BCUT2D eigenvalue weighted by atomic mass is 16.5. The van der Waals surface area contributed by atoms with Gasteiger partial charge in [-0.25, -0.2) is 0 Å². The van der Waals surface area contributed by atoms with E-state index in [4.69, 9.17) is 4.74 Å². The van der Waals surface area contributed by atoms with Crippen LogP contribution in [0.2, 0.25) is 0 Å². The second kappa shape index (κ2) is 8.42. The molecule has 0 aromatic heterocycles. The Bertz CT molecular complexity index is 1170. The quantitative estimate of drug-likeness (QED) is 0.770. The van der Waals surface area contributed by atoms with Gasteiger partial charge in [-0.3, -0.25) is 9.59 Å². The Morgan fingerprint density at radius 2 is 1.97 bits per heavy atom. The van der Waals surface area contributed by atoms with Crippen LogP contribution in [0.1, 0.15) is 31.4 Å². The fourth-order valence-corrected chi connectivity index (χ4v) is 4.73. The minimum atomic E-state index is -0.124. The van der Waals surface area contributed by atoms with E-state index >= 15 is 0 Å². The number of hydrogen-bond donors (Lipinski definition) is 0. The molecular formula is C26H28N2O3. The Hall–Kier alpha value is -3.34. The maximum Gasteiger partial charge on any atom is 0.265 e. The Morgan fingerprint density at radius 3 is 2.68 bits per heavy atom. The van der Waals surface area contributed by atoms with E-state index in [0.29, 0.717) is 6.54 Å². The van der Waals surface area contributed by atoms with Crippen LogP contribution in [0.3, 0.4) is 0 Å². The van der Waals surface area contributed by atoms with Gasteiger partial charge in [-0.15, -0.1) is 0 Å². The first kappa shape index (κ1) is 20.9. The number of anilines is 2. The molecule has 0 saturated carbocycles. The average Bonchev–Trinajstić information content (AvgIpc) is 3.04. The van der Waals surface area contributed by atoms with E-state index in [-0.39, 0.29) is 24.5 Å². The second-order valence-electron chi connectivity index (χ2n) is 8.18. The number of amides is 2. The molecule has 0 radical (unpaired) electrons. The summed E-state index contributed by atoms with van der Waals surface area (Å²) in [4.78, 5) is 28.8. The van der Waals surface area contributed by atoms with E-state index in [2.05, 4.69) is 13.2 Å². The predicted molar refractivity (Wildman–Crippen MR) is 125 cm³/mol. The van der Waals surface area contributed by atoms with Crippen molar-refractivity contribution in [3.8, 4) is 5.75 Å². The Morgan fingerprint density at radius 1 is 1.23 bits per heavy atom. The Kier molecular flexibility index (Phi) is 5.68. The molecule has 3 aliphatic rings. The van der Waals surface area contributed by atoms with Gasteiger partial charge in [0.1, 0.15) is 5.75 Å². The molecule has 1 heterocycles. The first-order valence-corrected chi connectivity index (χ1v) is 10.7. The molecule has 2 aromatic rings. The van der Waals surface area contributed by atoms with Gasteiger partial charge < -0.3 is 14.5 Å². The molecule has 160 valence electrons. The molecule has 2 bridgehead atoms. The van der Waals surface area contributed by atoms with E-state index < -0.39 is 0 Å². The van der Waals surface area contributed by atoms with Crippen LogP contribution in [0.15, 0.2) is 43.0 Å². The van der Waals surface area contributed by atoms with Gasteiger partial charge in [0.25, 0.3) is 5.91 Å². The second-order valence-corrected chi connectivity index (χ2v) is 8.18. The lowest BCUT2D eigenvalue weighted by Crippen LogP contribution is -2.52. The van der Waals surface area contributed by atoms with Gasteiger partial charge in [-0.1, -0.05) is 37.4 Å². The summed E-state index contributed by atoms with van der Waals surface area (Å²) in [6.45, 7) is 12.0. The van der Waals surface area contributed by atoms with Crippen molar-refractivity contribution in [2.45, 2.75) is 39.2 Å². The first-order valence-electron chi connectivity index (χ1n) is 10.7. The molecule has 5 nitrogen and oxygen atoms in total. The lowest BCUT2D eigenvalue weighted by atomic mass is 10.1. The molecule has 0 spiro atoms. The van der Waals surface area contributed by atoms with Crippen LogP contribution in [-0.4, -0.2) is 31.0 Å². The van der Waals surface area contributed by atoms with E-state index in [1.54, 1.807) is 22.8 Å². The van der Waals surface area contributed by atoms with Crippen LogP contribution >= 0.6 is 0 Å². The zero-order chi connectivity index (χ0) is 22.1. The van der Waals surface area contributed by atoms with Gasteiger partial charge in [-0.2, -0.15) is 0 Å². The van der Waals surface area contributed by atoms with E-state index in [1.807, 2.05) is 43.3 Å². The largest absolute Gasteiger partial charge is 0.483 e. The lowest BCUT2D eigenvalue weighted by Gasteiger charge is -2.40. The van der Waals surface area contributed by atoms with Crippen LogP contribution < -0.4 is 25.0 Å². The average molecular weight is 417 g/mol. The number of ether oxygens (including phenoxy) is 1. The molecule has 5 rings (SSSR count). The summed E-state index contributed by atoms with van der Waals surface area (Å²) in [7, 11) is 0. The molecule has 0 N–H and O–H groups in total. The number of benzene rings is 2. The number of hydrogen-bond acceptors (Lipinski definition) is 3. The van der Waals surface area contributed by atoms with Gasteiger partial charge in [0.15, 0.2) is 6.61 Å². The van der Waals surface area contributed by atoms with Crippen LogP contribution in [0.25, 0.3) is 12.7 Å². The Balaban J connectivity index is 1.60. The number of para-hydroxylation sites is 2. The zero-order valence-corrected chi connectivity index (χ0v) is 18.2. The number of carbonyl (C=O) groups is 2. The number of fused-ring (bicyclic) bond motifs is 5. The molecule has 31 heavy (non-hydrogen) atoms. The third-order valence-corrected chi connectivity index (χ3v) is 6.11. The molecule has 0 fully saturated rings. The van der Waals surface area contributed by atoms with Crippen molar-refractivity contribution in [1.29, 1.82) is 0 Å². The summed E-state index contributed by atoms with van der Waals surface area (Å²) in [6.07, 6.45) is 6.66. The van der Waals surface area contributed by atoms with Crippen LogP contribution in [0.4, 0.5) is 11.4 Å². The number of carbonyl (C=O) groups excluding carboxylic acids is 2.